The molecule has 0 saturated heterocycles. The van der Waals surface area contributed by atoms with Crippen LogP contribution in [0.1, 0.15) is 42.2 Å². The monoisotopic (exact) mass is 272 g/mol. The zero-order valence-electron chi connectivity index (χ0n) is 12.8. The molecule has 0 bridgehead atoms. The van der Waals surface area contributed by atoms with E-state index in [1.54, 1.807) is 0 Å². The van der Waals surface area contributed by atoms with Crippen LogP contribution in [0.3, 0.4) is 0 Å². The summed E-state index contributed by atoms with van der Waals surface area (Å²) in [4.78, 5) is 4.35. The number of benzene rings is 1. The number of nitrogens with zero attached hydrogens (tertiary/aromatic N) is 3. The van der Waals surface area contributed by atoms with Crippen LogP contribution in [0, 0.1) is 13.8 Å². The Labute approximate surface area is 121 Å². The number of aryl methyl sites for hydroxylation is 3. The van der Waals surface area contributed by atoms with E-state index in [-0.39, 0.29) is 6.04 Å². The largest absolute Gasteiger partial charge is 0.311 e. The Bertz CT molecular complexity index is 542. The maximum absolute atomic E-state index is 4.44. The zero-order chi connectivity index (χ0) is 14.5. The van der Waals surface area contributed by atoms with Crippen LogP contribution in [0.2, 0.25) is 0 Å². The quantitative estimate of drug-likeness (QED) is 0.879. The summed E-state index contributed by atoms with van der Waals surface area (Å²) < 4.78 is 1.97. The van der Waals surface area contributed by atoms with Crippen LogP contribution >= 0.6 is 0 Å². The van der Waals surface area contributed by atoms with Crippen LogP contribution in [0.5, 0.6) is 0 Å². The molecule has 1 aromatic heterocycles. The third-order valence-corrected chi connectivity index (χ3v) is 3.59. The first-order valence-corrected chi connectivity index (χ1v) is 7.28. The van der Waals surface area contributed by atoms with Crippen molar-refractivity contribution in [1.82, 2.24) is 20.1 Å². The second kappa shape index (κ2) is 6.66. The van der Waals surface area contributed by atoms with E-state index in [9.17, 15) is 0 Å². The number of hydrogen-bond donors (Lipinski definition) is 1. The Morgan fingerprint density at radius 2 is 1.90 bits per heavy atom. The second-order valence-electron chi connectivity index (χ2n) is 5.22. The van der Waals surface area contributed by atoms with Gasteiger partial charge in [-0.3, -0.25) is 0 Å². The summed E-state index contributed by atoms with van der Waals surface area (Å²) in [6.45, 7) is 6.94. The molecule has 0 radical (unpaired) electrons. The Kier molecular flexibility index (Phi) is 4.90. The Morgan fingerprint density at radius 1 is 1.20 bits per heavy atom. The van der Waals surface area contributed by atoms with Gasteiger partial charge in [0, 0.05) is 0 Å². The van der Waals surface area contributed by atoms with Gasteiger partial charge < -0.3 is 5.32 Å². The van der Waals surface area contributed by atoms with E-state index in [1.807, 2.05) is 25.6 Å². The number of hydrogen-bond acceptors (Lipinski definition) is 3. The molecule has 0 saturated carbocycles. The van der Waals surface area contributed by atoms with Crippen molar-refractivity contribution in [3.63, 3.8) is 0 Å². The first-order valence-electron chi connectivity index (χ1n) is 7.28. The third-order valence-electron chi connectivity index (χ3n) is 3.59. The molecule has 0 spiro atoms. The van der Waals surface area contributed by atoms with Gasteiger partial charge in [0.05, 0.1) is 12.6 Å². The first-order chi connectivity index (χ1) is 9.63. The van der Waals surface area contributed by atoms with E-state index in [4.69, 9.17) is 0 Å². The van der Waals surface area contributed by atoms with Gasteiger partial charge in [0.15, 0.2) is 0 Å². The minimum atomic E-state index is 0.255. The van der Waals surface area contributed by atoms with Crippen molar-refractivity contribution in [3.05, 3.63) is 47.0 Å². The standard InChI is InChI=1S/C16H24N4/c1-5-6-14-7-9-15(10-8-14)16(17-4)11-20-13(3)18-12(2)19-20/h7-10,16-17H,5-6,11H2,1-4H3. The van der Waals surface area contributed by atoms with Crippen molar-refractivity contribution in [2.45, 2.75) is 46.2 Å². The van der Waals surface area contributed by atoms with Gasteiger partial charge in [0.2, 0.25) is 0 Å². The van der Waals surface area contributed by atoms with Gasteiger partial charge in [-0.2, -0.15) is 5.10 Å². The summed E-state index contributed by atoms with van der Waals surface area (Å²) in [5, 5.41) is 7.80. The van der Waals surface area contributed by atoms with Gasteiger partial charge in [0.1, 0.15) is 11.6 Å². The topological polar surface area (TPSA) is 42.7 Å². The lowest BCUT2D eigenvalue weighted by molar-refractivity contribution is 0.458. The predicted molar refractivity (Wildman–Crippen MR) is 81.7 cm³/mol. The van der Waals surface area contributed by atoms with E-state index in [0.717, 1.165) is 24.6 Å². The van der Waals surface area contributed by atoms with Crippen LogP contribution in [0.15, 0.2) is 24.3 Å². The Hall–Kier alpha value is -1.68. The van der Waals surface area contributed by atoms with Crippen molar-refractivity contribution in [2.75, 3.05) is 7.05 Å². The molecular formula is C16H24N4. The van der Waals surface area contributed by atoms with Crippen molar-refractivity contribution >= 4 is 0 Å². The van der Waals surface area contributed by atoms with Gasteiger partial charge in [0.25, 0.3) is 0 Å². The van der Waals surface area contributed by atoms with Gasteiger partial charge in [-0.05, 0) is 38.4 Å². The molecule has 2 aromatic rings. The van der Waals surface area contributed by atoms with E-state index in [1.165, 1.54) is 17.5 Å². The summed E-state index contributed by atoms with van der Waals surface area (Å²) in [5.74, 6) is 1.79. The molecule has 1 aromatic carbocycles. The molecule has 0 fully saturated rings. The molecule has 4 nitrogen and oxygen atoms in total. The SMILES string of the molecule is CCCc1ccc(C(Cn2nc(C)nc2C)NC)cc1. The Morgan fingerprint density at radius 3 is 2.40 bits per heavy atom. The average molecular weight is 272 g/mol. The average Bonchev–Trinajstić information content (AvgIpc) is 2.75. The van der Waals surface area contributed by atoms with E-state index in [2.05, 4.69) is 46.6 Å². The number of aromatic nitrogens is 3. The van der Waals surface area contributed by atoms with E-state index >= 15 is 0 Å². The molecule has 1 atom stereocenters. The van der Waals surface area contributed by atoms with Crippen molar-refractivity contribution in [1.29, 1.82) is 0 Å². The summed E-state index contributed by atoms with van der Waals surface area (Å²) >= 11 is 0. The highest BCUT2D eigenvalue weighted by molar-refractivity contribution is 5.25. The summed E-state index contributed by atoms with van der Waals surface area (Å²) in [7, 11) is 1.99. The molecule has 1 N–H and O–H groups in total. The summed E-state index contributed by atoms with van der Waals surface area (Å²) in [6.07, 6.45) is 2.33. The summed E-state index contributed by atoms with van der Waals surface area (Å²) in [5.41, 5.74) is 2.69. The molecule has 0 aliphatic rings. The molecule has 4 heteroatoms. The van der Waals surface area contributed by atoms with Crippen LogP contribution in [0.4, 0.5) is 0 Å². The lowest BCUT2D eigenvalue weighted by atomic mass is 10.0. The molecular weight excluding hydrogens is 248 g/mol. The summed E-state index contributed by atoms with van der Waals surface area (Å²) in [6, 6.07) is 9.13. The molecule has 108 valence electrons. The predicted octanol–water partition coefficient (Wildman–Crippen LogP) is 2.81. The molecule has 2 rings (SSSR count). The smallest absolute Gasteiger partial charge is 0.147 e. The highest BCUT2D eigenvalue weighted by Gasteiger charge is 2.12. The first kappa shape index (κ1) is 14.7. The maximum atomic E-state index is 4.44. The second-order valence-corrected chi connectivity index (χ2v) is 5.22. The minimum Gasteiger partial charge on any atom is -0.311 e. The fourth-order valence-electron chi connectivity index (χ4n) is 2.48. The molecule has 1 heterocycles. The molecule has 20 heavy (non-hydrogen) atoms. The minimum absolute atomic E-state index is 0.255. The van der Waals surface area contributed by atoms with Crippen molar-refractivity contribution < 1.29 is 0 Å². The van der Waals surface area contributed by atoms with Gasteiger partial charge in [-0.15, -0.1) is 0 Å². The van der Waals surface area contributed by atoms with Crippen LogP contribution in [-0.4, -0.2) is 21.8 Å². The Balaban J connectivity index is 2.13. The maximum Gasteiger partial charge on any atom is 0.147 e. The molecule has 0 aliphatic carbocycles. The van der Waals surface area contributed by atoms with E-state index < -0.39 is 0 Å². The van der Waals surface area contributed by atoms with Crippen LogP contribution in [-0.2, 0) is 13.0 Å². The van der Waals surface area contributed by atoms with E-state index in [0.29, 0.717) is 0 Å². The fourth-order valence-corrected chi connectivity index (χ4v) is 2.48. The lowest BCUT2D eigenvalue weighted by Gasteiger charge is -2.17. The number of likely N-dealkylation sites (N-methyl/N-ethyl adjacent to an activating group) is 1. The van der Waals surface area contributed by atoms with Gasteiger partial charge >= 0.3 is 0 Å². The molecule has 0 amide bonds. The van der Waals surface area contributed by atoms with Crippen LogP contribution < -0.4 is 5.32 Å². The van der Waals surface area contributed by atoms with Gasteiger partial charge in [-0.1, -0.05) is 37.6 Å². The zero-order valence-corrected chi connectivity index (χ0v) is 12.8. The lowest BCUT2D eigenvalue weighted by Crippen LogP contribution is -2.23. The number of rotatable bonds is 6. The van der Waals surface area contributed by atoms with Crippen LogP contribution in [0.25, 0.3) is 0 Å². The highest BCUT2D eigenvalue weighted by atomic mass is 15.3. The fraction of sp³-hybridized carbons (Fsp3) is 0.500. The molecule has 1 unspecified atom stereocenters. The van der Waals surface area contributed by atoms with Crippen molar-refractivity contribution in [2.24, 2.45) is 0 Å². The van der Waals surface area contributed by atoms with Crippen molar-refractivity contribution in [3.8, 4) is 0 Å². The molecule has 0 aliphatic heterocycles. The number of nitrogens with one attached hydrogen (secondary N) is 1. The third kappa shape index (κ3) is 3.45. The highest BCUT2D eigenvalue weighted by Crippen LogP contribution is 2.17. The normalized spacial score (nSPS) is 12.6. The van der Waals surface area contributed by atoms with Gasteiger partial charge in [-0.25, -0.2) is 9.67 Å².